The average Bonchev–Trinajstić information content (AvgIpc) is 2.92. The summed E-state index contributed by atoms with van der Waals surface area (Å²) < 4.78 is 40.8. The van der Waals surface area contributed by atoms with Crippen LogP contribution in [0.3, 0.4) is 0 Å². The van der Waals surface area contributed by atoms with E-state index in [2.05, 4.69) is 4.98 Å². The van der Waals surface area contributed by atoms with Crippen LogP contribution in [0.25, 0.3) is 11.0 Å². The second-order valence-electron chi connectivity index (χ2n) is 5.59. The molecule has 0 bridgehead atoms. The maximum absolute atomic E-state index is 13.0. The van der Waals surface area contributed by atoms with Crippen molar-refractivity contribution in [2.45, 2.75) is 24.3 Å². The van der Waals surface area contributed by atoms with E-state index in [9.17, 15) is 13.2 Å². The van der Waals surface area contributed by atoms with Crippen molar-refractivity contribution >= 4 is 22.8 Å². The smallest absolute Gasteiger partial charge is 0.396 e. The average molecular weight is 366 g/mol. The van der Waals surface area contributed by atoms with Crippen molar-refractivity contribution in [3.8, 4) is 0 Å². The van der Waals surface area contributed by atoms with Crippen LogP contribution in [-0.4, -0.2) is 27.0 Å². The molecule has 0 aliphatic carbocycles. The zero-order valence-electron chi connectivity index (χ0n) is 13.3. The number of thioether (sulfide) groups is 1. The first-order chi connectivity index (χ1) is 12.0. The maximum atomic E-state index is 13.0. The SMILES string of the molecule is OCCCSc1nc2cc(C(F)(F)F)ccc2n1Cc1ccccc1. The summed E-state index contributed by atoms with van der Waals surface area (Å²) in [7, 11) is 0. The van der Waals surface area contributed by atoms with Gasteiger partial charge >= 0.3 is 6.18 Å². The summed E-state index contributed by atoms with van der Waals surface area (Å²) in [6.45, 7) is 0.605. The third-order valence-electron chi connectivity index (χ3n) is 3.76. The van der Waals surface area contributed by atoms with Gasteiger partial charge in [-0.05, 0) is 30.2 Å². The largest absolute Gasteiger partial charge is 0.416 e. The number of hydrogen-bond acceptors (Lipinski definition) is 3. The lowest BCUT2D eigenvalue weighted by Gasteiger charge is -2.10. The minimum atomic E-state index is -4.39. The van der Waals surface area contributed by atoms with Gasteiger partial charge in [0.05, 0.1) is 23.1 Å². The van der Waals surface area contributed by atoms with Gasteiger partial charge in [0, 0.05) is 12.4 Å². The van der Waals surface area contributed by atoms with E-state index in [-0.39, 0.29) is 6.61 Å². The fourth-order valence-corrected chi connectivity index (χ4v) is 3.48. The second kappa shape index (κ2) is 7.49. The summed E-state index contributed by atoms with van der Waals surface area (Å²) in [5.41, 5.74) is 1.35. The number of aromatic nitrogens is 2. The monoisotopic (exact) mass is 366 g/mol. The number of alkyl halides is 3. The van der Waals surface area contributed by atoms with Crippen LogP contribution in [0.5, 0.6) is 0 Å². The molecule has 3 nitrogen and oxygen atoms in total. The molecular formula is C18H17F3N2OS. The molecule has 0 spiro atoms. The van der Waals surface area contributed by atoms with E-state index in [0.29, 0.717) is 34.9 Å². The van der Waals surface area contributed by atoms with Crippen LogP contribution in [-0.2, 0) is 12.7 Å². The highest BCUT2D eigenvalue weighted by molar-refractivity contribution is 7.99. The molecule has 1 aromatic heterocycles. The topological polar surface area (TPSA) is 38.1 Å². The summed E-state index contributed by atoms with van der Waals surface area (Å²) >= 11 is 1.44. The fourth-order valence-electron chi connectivity index (χ4n) is 2.54. The molecule has 3 aromatic rings. The van der Waals surface area contributed by atoms with Crippen LogP contribution in [0, 0.1) is 0 Å². The Bertz CT molecular complexity index is 847. The minimum absolute atomic E-state index is 0.0735. The van der Waals surface area contributed by atoms with Crippen LogP contribution in [0.15, 0.2) is 53.7 Å². The van der Waals surface area contributed by atoms with Gasteiger partial charge in [0.15, 0.2) is 5.16 Å². The highest BCUT2D eigenvalue weighted by Crippen LogP contribution is 2.33. The Balaban J connectivity index is 2.02. The highest BCUT2D eigenvalue weighted by atomic mass is 32.2. The fraction of sp³-hybridized carbons (Fsp3) is 0.278. The molecule has 1 heterocycles. The van der Waals surface area contributed by atoms with Gasteiger partial charge in [-0.25, -0.2) is 4.98 Å². The Morgan fingerprint density at radius 2 is 1.84 bits per heavy atom. The van der Waals surface area contributed by atoms with E-state index in [1.54, 1.807) is 0 Å². The van der Waals surface area contributed by atoms with E-state index in [4.69, 9.17) is 5.11 Å². The Kier molecular flexibility index (Phi) is 5.34. The number of aliphatic hydroxyl groups is 1. The molecule has 0 radical (unpaired) electrons. The van der Waals surface area contributed by atoms with Crippen LogP contribution in [0.2, 0.25) is 0 Å². The third kappa shape index (κ3) is 4.16. The van der Waals surface area contributed by atoms with Gasteiger partial charge in [-0.1, -0.05) is 42.1 Å². The van der Waals surface area contributed by atoms with E-state index in [1.165, 1.54) is 17.8 Å². The van der Waals surface area contributed by atoms with E-state index in [1.807, 2.05) is 34.9 Å². The molecule has 132 valence electrons. The predicted octanol–water partition coefficient (Wildman–Crippen LogP) is 4.58. The maximum Gasteiger partial charge on any atom is 0.416 e. The second-order valence-corrected chi connectivity index (χ2v) is 6.66. The van der Waals surface area contributed by atoms with E-state index in [0.717, 1.165) is 17.7 Å². The Morgan fingerprint density at radius 3 is 2.52 bits per heavy atom. The van der Waals surface area contributed by atoms with Gasteiger partial charge in [-0.3, -0.25) is 0 Å². The van der Waals surface area contributed by atoms with Crippen LogP contribution < -0.4 is 0 Å². The number of fused-ring (bicyclic) bond motifs is 1. The Morgan fingerprint density at radius 1 is 1.08 bits per heavy atom. The molecule has 0 aliphatic heterocycles. The van der Waals surface area contributed by atoms with Gasteiger partial charge in [-0.2, -0.15) is 13.2 Å². The lowest BCUT2D eigenvalue weighted by atomic mass is 10.2. The van der Waals surface area contributed by atoms with Crippen molar-refractivity contribution in [3.05, 3.63) is 59.7 Å². The Hall–Kier alpha value is -1.99. The van der Waals surface area contributed by atoms with E-state index >= 15 is 0 Å². The summed E-state index contributed by atoms with van der Waals surface area (Å²) in [5.74, 6) is 0.654. The van der Waals surface area contributed by atoms with Gasteiger partial charge < -0.3 is 9.67 Å². The molecule has 0 atom stereocenters. The minimum Gasteiger partial charge on any atom is -0.396 e. The summed E-state index contributed by atoms with van der Waals surface area (Å²) in [6.07, 6.45) is -3.78. The zero-order valence-corrected chi connectivity index (χ0v) is 14.1. The number of aliphatic hydroxyl groups excluding tert-OH is 1. The first-order valence-corrected chi connectivity index (χ1v) is 8.82. The molecule has 0 unspecified atom stereocenters. The molecule has 2 aromatic carbocycles. The molecule has 0 fully saturated rings. The number of nitrogens with zero attached hydrogens (tertiary/aromatic N) is 2. The number of rotatable bonds is 6. The molecule has 7 heteroatoms. The summed E-state index contributed by atoms with van der Waals surface area (Å²) in [4.78, 5) is 4.40. The molecule has 0 amide bonds. The van der Waals surface area contributed by atoms with Crippen molar-refractivity contribution in [2.75, 3.05) is 12.4 Å². The number of halogens is 3. The number of hydrogen-bond donors (Lipinski definition) is 1. The summed E-state index contributed by atoms with van der Waals surface area (Å²) in [5, 5.41) is 9.61. The zero-order chi connectivity index (χ0) is 17.9. The van der Waals surface area contributed by atoms with Crippen molar-refractivity contribution in [1.29, 1.82) is 0 Å². The normalized spacial score (nSPS) is 12.0. The van der Waals surface area contributed by atoms with Crippen molar-refractivity contribution in [1.82, 2.24) is 9.55 Å². The first-order valence-electron chi connectivity index (χ1n) is 7.84. The van der Waals surface area contributed by atoms with Gasteiger partial charge in [-0.15, -0.1) is 0 Å². The van der Waals surface area contributed by atoms with Crippen LogP contribution in [0.1, 0.15) is 17.5 Å². The van der Waals surface area contributed by atoms with Crippen molar-refractivity contribution < 1.29 is 18.3 Å². The summed E-state index contributed by atoms with van der Waals surface area (Å²) in [6, 6.07) is 13.4. The molecule has 0 saturated heterocycles. The standard InChI is InChI=1S/C18H17F3N2OS/c19-18(20,21)14-7-8-16-15(11-14)22-17(25-10-4-9-24)23(16)12-13-5-2-1-3-6-13/h1-3,5-8,11,24H,4,9-10,12H2. The third-order valence-corrected chi connectivity index (χ3v) is 4.82. The lowest BCUT2D eigenvalue weighted by molar-refractivity contribution is -0.137. The van der Waals surface area contributed by atoms with Crippen molar-refractivity contribution in [3.63, 3.8) is 0 Å². The molecule has 3 rings (SSSR count). The van der Waals surface area contributed by atoms with Crippen molar-refractivity contribution in [2.24, 2.45) is 0 Å². The molecule has 25 heavy (non-hydrogen) atoms. The van der Waals surface area contributed by atoms with Gasteiger partial charge in [0.2, 0.25) is 0 Å². The lowest BCUT2D eigenvalue weighted by Crippen LogP contribution is -2.05. The predicted molar refractivity (Wildman–Crippen MR) is 92.7 cm³/mol. The molecular weight excluding hydrogens is 349 g/mol. The highest BCUT2D eigenvalue weighted by Gasteiger charge is 2.31. The molecule has 0 aliphatic rings. The van der Waals surface area contributed by atoms with Gasteiger partial charge in [0.1, 0.15) is 0 Å². The quantitative estimate of drug-likeness (QED) is 0.513. The van der Waals surface area contributed by atoms with Crippen LogP contribution >= 0.6 is 11.8 Å². The van der Waals surface area contributed by atoms with Crippen LogP contribution in [0.4, 0.5) is 13.2 Å². The molecule has 0 saturated carbocycles. The molecule has 1 N–H and O–H groups in total. The number of imidazole rings is 1. The van der Waals surface area contributed by atoms with E-state index < -0.39 is 11.7 Å². The number of benzene rings is 2. The first kappa shape index (κ1) is 17.8. The van der Waals surface area contributed by atoms with Gasteiger partial charge in [0.25, 0.3) is 0 Å². The Labute approximate surface area is 147 Å².